The van der Waals surface area contributed by atoms with Gasteiger partial charge in [-0.25, -0.2) is 0 Å². The number of rotatable bonds is 3. The SMILES string of the molecule is CCCC1CC(OC)C1. The van der Waals surface area contributed by atoms with Crippen molar-refractivity contribution < 1.29 is 4.74 Å². The lowest BCUT2D eigenvalue weighted by molar-refractivity contribution is -0.00169. The van der Waals surface area contributed by atoms with Crippen molar-refractivity contribution in [2.24, 2.45) is 5.92 Å². The molecule has 0 aromatic heterocycles. The molecule has 0 spiro atoms. The maximum absolute atomic E-state index is 5.16. The third-order valence-electron chi connectivity index (χ3n) is 2.22. The standard InChI is InChI=1S/C8H16O/c1-3-4-7-5-8(6-7)9-2/h7-8H,3-6H2,1-2H3. The zero-order valence-corrected chi connectivity index (χ0v) is 6.39. The van der Waals surface area contributed by atoms with Crippen LogP contribution in [0.4, 0.5) is 0 Å². The Bertz CT molecular complexity index is 74.6. The van der Waals surface area contributed by atoms with Gasteiger partial charge in [-0.15, -0.1) is 0 Å². The van der Waals surface area contributed by atoms with Gasteiger partial charge >= 0.3 is 0 Å². The fourth-order valence-electron chi connectivity index (χ4n) is 1.51. The Labute approximate surface area is 57.4 Å². The lowest BCUT2D eigenvalue weighted by atomic mass is 9.79. The highest BCUT2D eigenvalue weighted by Gasteiger charge is 2.27. The molecule has 1 nitrogen and oxygen atoms in total. The quantitative estimate of drug-likeness (QED) is 0.566. The number of hydrogen-bond donors (Lipinski definition) is 0. The molecule has 0 saturated heterocycles. The molecule has 0 radical (unpaired) electrons. The molecule has 1 saturated carbocycles. The summed E-state index contributed by atoms with van der Waals surface area (Å²) in [6, 6.07) is 0. The molecule has 1 heteroatoms. The summed E-state index contributed by atoms with van der Waals surface area (Å²) in [6.45, 7) is 2.25. The summed E-state index contributed by atoms with van der Waals surface area (Å²) >= 11 is 0. The fourth-order valence-corrected chi connectivity index (χ4v) is 1.51. The van der Waals surface area contributed by atoms with E-state index >= 15 is 0 Å². The monoisotopic (exact) mass is 128 g/mol. The van der Waals surface area contributed by atoms with Gasteiger partial charge in [0.1, 0.15) is 0 Å². The molecule has 1 rings (SSSR count). The average Bonchev–Trinajstić information content (AvgIpc) is 1.77. The van der Waals surface area contributed by atoms with E-state index in [2.05, 4.69) is 6.92 Å². The first-order valence-electron chi connectivity index (χ1n) is 3.89. The number of hydrogen-bond acceptors (Lipinski definition) is 1. The molecular formula is C8H16O. The molecule has 1 fully saturated rings. The zero-order chi connectivity index (χ0) is 6.69. The van der Waals surface area contributed by atoms with E-state index in [1.165, 1.54) is 25.7 Å². The van der Waals surface area contributed by atoms with Crippen LogP contribution >= 0.6 is 0 Å². The summed E-state index contributed by atoms with van der Waals surface area (Å²) in [5.41, 5.74) is 0. The second-order valence-electron chi connectivity index (χ2n) is 2.98. The summed E-state index contributed by atoms with van der Waals surface area (Å²) in [5, 5.41) is 0. The van der Waals surface area contributed by atoms with E-state index in [4.69, 9.17) is 4.74 Å². The van der Waals surface area contributed by atoms with Gasteiger partial charge in [0.2, 0.25) is 0 Å². The van der Waals surface area contributed by atoms with Crippen LogP contribution in [0.2, 0.25) is 0 Å². The third-order valence-corrected chi connectivity index (χ3v) is 2.22. The summed E-state index contributed by atoms with van der Waals surface area (Å²) in [4.78, 5) is 0. The Hall–Kier alpha value is -0.0400. The van der Waals surface area contributed by atoms with Gasteiger partial charge < -0.3 is 4.74 Å². The molecule has 0 amide bonds. The highest BCUT2D eigenvalue weighted by Crippen LogP contribution is 2.32. The van der Waals surface area contributed by atoms with E-state index in [0.29, 0.717) is 6.10 Å². The molecular weight excluding hydrogens is 112 g/mol. The second-order valence-corrected chi connectivity index (χ2v) is 2.98. The van der Waals surface area contributed by atoms with Crippen LogP contribution in [-0.4, -0.2) is 13.2 Å². The predicted octanol–water partition coefficient (Wildman–Crippen LogP) is 2.21. The molecule has 0 unspecified atom stereocenters. The van der Waals surface area contributed by atoms with Crippen molar-refractivity contribution in [1.82, 2.24) is 0 Å². The van der Waals surface area contributed by atoms with Crippen molar-refractivity contribution in [3.05, 3.63) is 0 Å². The molecule has 0 aromatic rings. The molecule has 0 heterocycles. The van der Waals surface area contributed by atoms with Crippen LogP contribution in [0.1, 0.15) is 32.6 Å². The highest BCUT2D eigenvalue weighted by atomic mass is 16.5. The summed E-state index contributed by atoms with van der Waals surface area (Å²) in [7, 11) is 1.81. The first-order chi connectivity index (χ1) is 4.36. The minimum atomic E-state index is 0.599. The van der Waals surface area contributed by atoms with Crippen molar-refractivity contribution in [3.8, 4) is 0 Å². The summed E-state index contributed by atoms with van der Waals surface area (Å²) < 4.78 is 5.16. The van der Waals surface area contributed by atoms with E-state index in [0.717, 1.165) is 5.92 Å². The van der Waals surface area contributed by atoms with E-state index in [-0.39, 0.29) is 0 Å². The third kappa shape index (κ3) is 1.68. The van der Waals surface area contributed by atoms with E-state index < -0.39 is 0 Å². The Morgan fingerprint density at radius 3 is 2.56 bits per heavy atom. The number of methoxy groups -OCH3 is 1. The van der Waals surface area contributed by atoms with Gasteiger partial charge in [0.25, 0.3) is 0 Å². The largest absolute Gasteiger partial charge is 0.381 e. The van der Waals surface area contributed by atoms with Gasteiger partial charge in [0.05, 0.1) is 6.10 Å². The van der Waals surface area contributed by atoms with Crippen LogP contribution in [0.25, 0.3) is 0 Å². The van der Waals surface area contributed by atoms with Gasteiger partial charge in [-0.05, 0) is 18.8 Å². The zero-order valence-electron chi connectivity index (χ0n) is 6.39. The maximum atomic E-state index is 5.16. The molecule has 0 bridgehead atoms. The lowest BCUT2D eigenvalue weighted by Gasteiger charge is -2.33. The first-order valence-corrected chi connectivity index (χ1v) is 3.89. The summed E-state index contributed by atoms with van der Waals surface area (Å²) in [6.07, 6.45) is 5.96. The van der Waals surface area contributed by atoms with Crippen LogP contribution in [0.15, 0.2) is 0 Å². The number of ether oxygens (including phenoxy) is 1. The maximum Gasteiger partial charge on any atom is 0.0576 e. The van der Waals surface area contributed by atoms with Crippen molar-refractivity contribution in [2.45, 2.75) is 38.7 Å². The lowest BCUT2D eigenvalue weighted by Crippen LogP contribution is -2.29. The first kappa shape index (κ1) is 7.07. The minimum Gasteiger partial charge on any atom is -0.381 e. The van der Waals surface area contributed by atoms with E-state index in [1.807, 2.05) is 7.11 Å². The van der Waals surface area contributed by atoms with Crippen LogP contribution in [0.3, 0.4) is 0 Å². The van der Waals surface area contributed by atoms with Gasteiger partial charge in [0, 0.05) is 7.11 Å². The Balaban J connectivity index is 1.98. The molecule has 0 atom stereocenters. The van der Waals surface area contributed by atoms with Crippen LogP contribution < -0.4 is 0 Å². The van der Waals surface area contributed by atoms with Gasteiger partial charge in [-0.2, -0.15) is 0 Å². The minimum absolute atomic E-state index is 0.599. The molecule has 0 aliphatic heterocycles. The average molecular weight is 128 g/mol. The molecule has 1 aliphatic rings. The smallest absolute Gasteiger partial charge is 0.0576 e. The van der Waals surface area contributed by atoms with Gasteiger partial charge in [0.15, 0.2) is 0 Å². The molecule has 0 N–H and O–H groups in total. The Kier molecular flexibility index (Phi) is 2.52. The van der Waals surface area contributed by atoms with Crippen molar-refractivity contribution in [1.29, 1.82) is 0 Å². The van der Waals surface area contributed by atoms with Crippen molar-refractivity contribution in [3.63, 3.8) is 0 Å². The van der Waals surface area contributed by atoms with Gasteiger partial charge in [-0.3, -0.25) is 0 Å². The Morgan fingerprint density at radius 2 is 2.11 bits per heavy atom. The molecule has 1 aliphatic carbocycles. The molecule has 9 heavy (non-hydrogen) atoms. The topological polar surface area (TPSA) is 9.23 Å². The van der Waals surface area contributed by atoms with Crippen LogP contribution in [0.5, 0.6) is 0 Å². The van der Waals surface area contributed by atoms with Crippen molar-refractivity contribution in [2.75, 3.05) is 7.11 Å². The van der Waals surface area contributed by atoms with Gasteiger partial charge in [-0.1, -0.05) is 19.8 Å². The van der Waals surface area contributed by atoms with E-state index in [1.54, 1.807) is 0 Å². The van der Waals surface area contributed by atoms with Crippen molar-refractivity contribution >= 4 is 0 Å². The predicted molar refractivity (Wildman–Crippen MR) is 38.4 cm³/mol. The highest BCUT2D eigenvalue weighted by molar-refractivity contribution is 4.79. The van der Waals surface area contributed by atoms with Crippen LogP contribution in [-0.2, 0) is 4.74 Å². The Morgan fingerprint density at radius 1 is 1.44 bits per heavy atom. The fraction of sp³-hybridized carbons (Fsp3) is 1.00. The second kappa shape index (κ2) is 3.21. The van der Waals surface area contributed by atoms with E-state index in [9.17, 15) is 0 Å². The molecule has 54 valence electrons. The summed E-state index contributed by atoms with van der Waals surface area (Å²) in [5.74, 6) is 0.986. The van der Waals surface area contributed by atoms with Crippen LogP contribution in [0, 0.1) is 5.92 Å². The molecule has 0 aromatic carbocycles. The normalized spacial score (nSPS) is 34.0.